The molecule has 0 spiro atoms. The molecule has 0 heterocycles. The number of nitrogens with zero attached hydrogens (tertiary/aromatic N) is 1. The van der Waals surface area contributed by atoms with E-state index >= 15 is 0 Å². The summed E-state index contributed by atoms with van der Waals surface area (Å²) in [6, 6.07) is 0. The lowest BCUT2D eigenvalue weighted by Crippen LogP contribution is -2.40. The first-order chi connectivity index (χ1) is 39.1. The Morgan fingerprint density at radius 3 is 1.04 bits per heavy atom. The minimum absolute atomic E-state index is 0.134. The molecule has 0 aliphatic rings. The molecule has 1 N–H and O–H groups in total. The maximum Gasteiger partial charge on any atom is 0.361 e. The number of unbranched alkanes of at least 4 members (excludes halogenated alkanes) is 35. The van der Waals surface area contributed by atoms with E-state index in [0.29, 0.717) is 17.4 Å². The molecule has 0 radical (unpaired) electrons. The number of hydrogen-bond donors (Lipinski definition) is 1. The second-order valence-electron chi connectivity index (χ2n) is 23.8. The molecule has 0 saturated heterocycles. The van der Waals surface area contributed by atoms with Crippen molar-refractivity contribution in [2.75, 3.05) is 47.5 Å². The van der Waals surface area contributed by atoms with Gasteiger partial charge < -0.3 is 28.5 Å². The number of hydrogen-bond acceptors (Lipinski definition) is 7. The Kier molecular flexibility index (Phi) is 59.3. The zero-order valence-electron chi connectivity index (χ0n) is 53.0. The fourth-order valence-electron chi connectivity index (χ4n) is 9.63. The average Bonchev–Trinajstić information content (AvgIpc) is 3.43. The van der Waals surface area contributed by atoms with Crippen LogP contribution in [0.15, 0.2) is 72.9 Å². The summed E-state index contributed by atoms with van der Waals surface area (Å²) in [5, 5.41) is 9.71. The summed E-state index contributed by atoms with van der Waals surface area (Å²) in [4.78, 5) is 37.4. The summed E-state index contributed by atoms with van der Waals surface area (Å²) < 4.78 is 22.8. The second-order valence-corrected chi connectivity index (χ2v) is 23.8. The van der Waals surface area contributed by atoms with Crippen LogP contribution in [0.1, 0.15) is 303 Å². The van der Waals surface area contributed by atoms with Crippen LogP contribution in [0.5, 0.6) is 0 Å². The minimum Gasteiger partial charge on any atom is -0.477 e. The first-order valence-corrected chi connectivity index (χ1v) is 33.6. The molecule has 0 rings (SSSR count). The summed E-state index contributed by atoms with van der Waals surface area (Å²) in [6.45, 7) is 4.71. The molecule has 0 fully saturated rings. The van der Waals surface area contributed by atoms with Crippen molar-refractivity contribution >= 4 is 17.9 Å². The zero-order valence-corrected chi connectivity index (χ0v) is 53.0. The Morgan fingerprint density at radius 2 is 0.713 bits per heavy atom. The van der Waals surface area contributed by atoms with Gasteiger partial charge in [0.1, 0.15) is 13.2 Å². The van der Waals surface area contributed by atoms with Crippen molar-refractivity contribution in [2.24, 2.45) is 0 Å². The smallest absolute Gasteiger partial charge is 0.361 e. The van der Waals surface area contributed by atoms with Gasteiger partial charge in [0.25, 0.3) is 6.29 Å². The topological polar surface area (TPSA) is 108 Å². The van der Waals surface area contributed by atoms with Crippen LogP contribution in [-0.2, 0) is 33.3 Å². The number of carboxylic acids is 1. The maximum absolute atomic E-state index is 12.8. The molecule has 0 aromatic heterocycles. The van der Waals surface area contributed by atoms with Gasteiger partial charge >= 0.3 is 17.9 Å². The van der Waals surface area contributed by atoms with Crippen molar-refractivity contribution in [3.05, 3.63) is 72.9 Å². The maximum atomic E-state index is 12.8. The monoisotopic (exact) mass is 1120 g/mol. The normalized spacial score (nSPS) is 13.2. The third kappa shape index (κ3) is 62.3. The number of allylic oxidation sites excluding steroid dienone is 12. The number of rotatable bonds is 62. The Labute approximate surface area is 494 Å². The van der Waals surface area contributed by atoms with E-state index in [4.69, 9.17) is 18.9 Å². The van der Waals surface area contributed by atoms with Crippen LogP contribution >= 0.6 is 0 Å². The van der Waals surface area contributed by atoms with Crippen LogP contribution in [-0.4, -0.2) is 87.4 Å². The van der Waals surface area contributed by atoms with Gasteiger partial charge in [-0.3, -0.25) is 9.59 Å². The predicted octanol–water partition coefficient (Wildman–Crippen LogP) is 20.5. The second kappa shape index (κ2) is 61.8. The predicted molar refractivity (Wildman–Crippen MR) is 341 cm³/mol. The largest absolute Gasteiger partial charge is 0.477 e. The molecular formula is C71H128NO8+. The summed E-state index contributed by atoms with van der Waals surface area (Å²) in [6.07, 6.45) is 79.1. The molecule has 0 aliphatic heterocycles. The lowest BCUT2D eigenvalue weighted by molar-refractivity contribution is -0.870. The third-order valence-electron chi connectivity index (χ3n) is 14.7. The first-order valence-electron chi connectivity index (χ1n) is 33.6. The van der Waals surface area contributed by atoms with Crippen molar-refractivity contribution in [3.8, 4) is 0 Å². The fourth-order valence-corrected chi connectivity index (χ4v) is 9.63. The lowest BCUT2D eigenvalue weighted by Gasteiger charge is -2.25. The molecule has 2 atom stereocenters. The first kappa shape index (κ1) is 76.7. The van der Waals surface area contributed by atoms with E-state index in [-0.39, 0.29) is 38.6 Å². The van der Waals surface area contributed by atoms with Gasteiger partial charge in [0.2, 0.25) is 0 Å². The van der Waals surface area contributed by atoms with Crippen LogP contribution in [0.25, 0.3) is 0 Å². The quantitative estimate of drug-likeness (QED) is 0.0211. The van der Waals surface area contributed by atoms with Gasteiger partial charge in [-0.2, -0.15) is 0 Å². The van der Waals surface area contributed by atoms with Crippen molar-refractivity contribution < 1.29 is 42.9 Å². The highest BCUT2D eigenvalue weighted by Gasteiger charge is 2.25. The summed E-state index contributed by atoms with van der Waals surface area (Å²) in [7, 11) is 5.95. The molecule has 0 bridgehead atoms. The molecule has 0 amide bonds. The molecule has 9 nitrogen and oxygen atoms in total. The van der Waals surface area contributed by atoms with Crippen LogP contribution in [0.4, 0.5) is 0 Å². The molecular weight excluding hydrogens is 995 g/mol. The summed E-state index contributed by atoms with van der Waals surface area (Å²) in [5.41, 5.74) is 0. The molecule has 2 unspecified atom stereocenters. The third-order valence-corrected chi connectivity index (χ3v) is 14.7. The van der Waals surface area contributed by atoms with Gasteiger partial charge in [0, 0.05) is 12.8 Å². The number of carbonyl (C=O) groups is 3. The van der Waals surface area contributed by atoms with Crippen molar-refractivity contribution in [2.45, 2.75) is 315 Å². The number of ether oxygens (including phenoxy) is 4. The van der Waals surface area contributed by atoms with E-state index in [1.165, 1.54) is 212 Å². The molecule has 0 aromatic rings. The number of carbonyl (C=O) groups excluding carboxylic acids is 2. The lowest BCUT2D eigenvalue weighted by atomic mass is 10.0. The molecule has 464 valence electrons. The number of esters is 2. The van der Waals surface area contributed by atoms with Crippen molar-refractivity contribution in [1.29, 1.82) is 0 Å². The Bertz CT molecular complexity index is 1540. The van der Waals surface area contributed by atoms with Gasteiger partial charge in [0.05, 0.1) is 34.4 Å². The minimum atomic E-state index is -1.53. The van der Waals surface area contributed by atoms with Gasteiger partial charge in [-0.15, -0.1) is 0 Å². The molecule has 80 heavy (non-hydrogen) atoms. The molecule has 0 saturated carbocycles. The van der Waals surface area contributed by atoms with Gasteiger partial charge in [-0.05, 0) is 51.4 Å². The van der Waals surface area contributed by atoms with Crippen LogP contribution < -0.4 is 0 Å². The van der Waals surface area contributed by atoms with E-state index in [9.17, 15) is 19.5 Å². The average molecular weight is 1120 g/mol. The SMILES string of the molecule is CC/C=C\C/C=C\C/C=C\C/C=C\C/C=C\C/C=C\CCC(=O)OC(COC(=O)CCCCCCCCCCCCCCCCCCCCCCCCCCCCCCCCCCCCCC)COC(OCC[N+](C)(C)C)C(=O)O. The standard InChI is InChI=1S/C71H127NO8/c1-6-8-10-12-14-16-18-20-22-24-26-27-28-29-30-31-32-33-34-35-36-37-38-39-40-41-42-44-45-47-49-51-53-55-57-59-61-68(73)78-65-67(66-79-71(70(75)76)77-64-63-72(3,4)5)80-69(74)62-60-58-56-54-52-50-48-46-43-25-23-21-19-17-15-13-11-9-7-2/h9,11,15,17,21,23,43,46,50,52,56,58,67,71H,6-8,10,12-14,16,18-20,22,24-42,44-45,47-49,51,53-55,57,59-66H2,1-5H3/p+1/b11-9-,17-15-,23-21-,46-43-,52-50-,58-56-. The van der Waals surface area contributed by atoms with Crippen LogP contribution in [0, 0.1) is 0 Å². The van der Waals surface area contributed by atoms with E-state index in [1.54, 1.807) is 0 Å². The van der Waals surface area contributed by atoms with Gasteiger partial charge in [-0.25, -0.2) is 4.79 Å². The number of aliphatic carboxylic acids is 1. The van der Waals surface area contributed by atoms with E-state index in [1.807, 2.05) is 33.3 Å². The number of quaternary nitrogens is 1. The van der Waals surface area contributed by atoms with Crippen LogP contribution in [0.3, 0.4) is 0 Å². The van der Waals surface area contributed by atoms with Crippen LogP contribution in [0.2, 0.25) is 0 Å². The zero-order chi connectivity index (χ0) is 58.3. The Hall–Kier alpha value is -3.27. The number of likely N-dealkylation sites (N-methyl/N-ethyl adjacent to an activating group) is 1. The highest BCUT2D eigenvalue weighted by Crippen LogP contribution is 2.18. The highest BCUT2D eigenvalue weighted by molar-refractivity contribution is 5.71. The van der Waals surface area contributed by atoms with Crippen molar-refractivity contribution in [1.82, 2.24) is 0 Å². The summed E-state index contributed by atoms with van der Waals surface area (Å²) >= 11 is 0. The summed E-state index contributed by atoms with van der Waals surface area (Å²) in [5.74, 6) is -2.11. The molecule has 0 aliphatic carbocycles. The Morgan fingerprint density at radius 1 is 0.388 bits per heavy atom. The van der Waals surface area contributed by atoms with E-state index in [0.717, 1.165) is 57.8 Å². The van der Waals surface area contributed by atoms with Gasteiger partial charge in [0.15, 0.2) is 6.10 Å². The molecule has 9 heteroatoms. The van der Waals surface area contributed by atoms with Crippen molar-refractivity contribution in [3.63, 3.8) is 0 Å². The Balaban J connectivity index is 4.06. The molecule has 0 aromatic carbocycles. The van der Waals surface area contributed by atoms with E-state index in [2.05, 4.69) is 74.6 Å². The number of carboxylic acid groups (broad SMARTS) is 1. The van der Waals surface area contributed by atoms with Gasteiger partial charge in [-0.1, -0.05) is 311 Å². The fraction of sp³-hybridized carbons (Fsp3) is 0.789. The van der Waals surface area contributed by atoms with E-state index < -0.39 is 24.3 Å². The highest BCUT2D eigenvalue weighted by atomic mass is 16.7.